The molecule has 1 aromatic rings. The van der Waals surface area contributed by atoms with Crippen LogP contribution in [0.3, 0.4) is 0 Å². The molecule has 1 atom stereocenters. The van der Waals surface area contributed by atoms with E-state index < -0.39 is 0 Å². The van der Waals surface area contributed by atoms with Gasteiger partial charge in [0.25, 0.3) is 0 Å². The van der Waals surface area contributed by atoms with Gasteiger partial charge in [-0.25, -0.2) is 0 Å². The summed E-state index contributed by atoms with van der Waals surface area (Å²) < 4.78 is 5.45. The Morgan fingerprint density at radius 3 is 3.20 bits per heavy atom. The summed E-state index contributed by atoms with van der Waals surface area (Å²) >= 11 is 1.71. The van der Waals surface area contributed by atoms with Gasteiger partial charge in [0, 0.05) is 19.1 Å². The summed E-state index contributed by atoms with van der Waals surface area (Å²) in [5, 5.41) is 13.9. The zero-order valence-corrected chi connectivity index (χ0v) is 9.85. The first-order valence-electron chi connectivity index (χ1n) is 5.51. The van der Waals surface area contributed by atoms with E-state index in [1.165, 1.54) is 6.42 Å². The Morgan fingerprint density at radius 1 is 1.53 bits per heavy atom. The predicted molar refractivity (Wildman–Crippen MR) is 60.1 cm³/mol. The lowest BCUT2D eigenvalue weighted by Gasteiger charge is -2.19. The zero-order valence-electron chi connectivity index (χ0n) is 9.03. The van der Waals surface area contributed by atoms with Crippen molar-refractivity contribution in [2.75, 3.05) is 19.8 Å². The molecule has 1 aliphatic heterocycles. The molecule has 1 aliphatic rings. The quantitative estimate of drug-likeness (QED) is 0.847. The van der Waals surface area contributed by atoms with Crippen molar-refractivity contribution in [3.05, 3.63) is 10.0 Å². The average molecular weight is 227 g/mol. The van der Waals surface area contributed by atoms with Gasteiger partial charge in [0.2, 0.25) is 0 Å². The number of nitrogens with zero attached hydrogens (tertiary/aromatic N) is 2. The molecule has 0 aromatic carbocycles. The Balaban J connectivity index is 1.93. The molecule has 0 aliphatic carbocycles. The van der Waals surface area contributed by atoms with Crippen molar-refractivity contribution in [2.45, 2.75) is 32.2 Å². The van der Waals surface area contributed by atoms with Crippen molar-refractivity contribution in [2.24, 2.45) is 0 Å². The molecule has 5 heteroatoms. The number of hydrogen-bond acceptors (Lipinski definition) is 5. The minimum Gasteiger partial charge on any atom is -0.381 e. The van der Waals surface area contributed by atoms with Gasteiger partial charge in [-0.3, -0.25) is 0 Å². The molecule has 1 unspecified atom stereocenters. The Kier molecular flexibility index (Phi) is 4.05. The van der Waals surface area contributed by atoms with Crippen LogP contribution in [0.2, 0.25) is 0 Å². The molecule has 0 bridgehead atoms. The molecule has 0 spiro atoms. The van der Waals surface area contributed by atoms with Crippen LogP contribution in [0.1, 0.15) is 35.7 Å². The Bertz CT molecular complexity index is 297. The molecule has 0 amide bonds. The molecular formula is C10H17N3OS. The van der Waals surface area contributed by atoms with Crippen LogP contribution < -0.4 is 5.32 Å². The molecule has 0 radical (unpaired) electrons. The van der Waals surface area contributed by atoms with Gasteiger partial charge in [0.05, 0.1) is 6.61 Å². The van der Waals surface area contributed by atoms with Crippen molar-refractivity contribution < 1.29 is 4.74 Å². The number of aromatic nitrogens is 2. The van der Waals surface area contributed by atoms with Crippen molar-refractivity contribution >= 4 is 11.3 Å². The van der Waals surface area contributed by atoms with Gasteiger partial charge in [0.15, 0.2) is 0 Å². The summed E-state index contributed by atoms with van der Waals surface area (Å²) in [5.74, 6) is 0.478. The van der Waals surface area contributed by atoms with Crippen LogP contribution in [0.5, 0.6) is 0 Å². The third kappa shape index (κ3) is 2.96. The molecule has 1 fully saturated rings. The maximum Gasteiger partial charge on any atom is 0.131 e. The minimum absolute atomic E-state index is 0.478. The standard InChI is InChI=1S/C10H17N3OS/c1-2-11-6-9-12-13-10(15-9)8-4-3-5-14-7-8/h8,11H,2-7H2,1H3. The molecule has 2 rings (SSSR count). The third-order valence-electron chi connectivity index (χ3n) is 2.52. The van der Waals surface area contributed by atoms with E-state index in [4.69, 9.17) is 4.74 Å². The highest BCUT2D eigenvalue weighted by Gasteiger charge is 2.19. The van der Waals surface area contributed by atoms with Crippen molar-refractivity contribution in [3.8, 4) is 0 Å². The van der Waals surface area contributed by atoms with Crippen LogP contribution in [-0.2, 0) is 11.3 Å². The van der Waals surface area contributed by atoms with Gasteiger partial charge in [0.1, 0.15) is 10.0 Å². The molecule has 0 saturated carbocycles. The third-order valence-corrected chi connectivity index (χ3v) is 3.60. The molecular weight excluding hydrogens is 210 g/mol. The van der Waals surface area contributed by atoms with Crippen LogP contribution in [0, 0.1) is 0 Å². The van der Waals surface area contributed by atoms with Crippen molar-refractivity contribution in [1.29, 1.82) is 0 Å². The van der Waals surface area contributed by atoms with Gasteiger partial charge >= 0.3 is 0 Å². The molecule has 15 heavy (non-hydrogen) atoms. The summed E-state index contributed by atoms with van der Waals surface area (Å²) in [6.07, 6.45) is 2.34. The largest absolute Gasteiger partial charge is 0.381 e. The highest BCUT2D eigenvalue weighted by atomic mass is 32.1. The van der Waals surface area contributed by atoms with E-state index in [0.717, 1.165) is 42.7 Å². The summed E-state index contributed by atoms with van der Waals surface area (Å²) in [5.41, 5.74) is 0. The molecule has 4 nitrogen and oxygen atoms in total. The summed E-state index contributed by atoms with van der Waals surface area (Å²) in [6, 6.07) is 0. The smallest absolute Gasteiger partial charge is 0.131 e. The molecule has 1 saturated heterocycles. The predicted octanol–water partition coefficient (Wildman–Crippen LogP) is 1.54. The Hall–Kier alpha value is -0.520. The summed E-state index contributed by atoms with van der Waals surface area (Å²) in [4.78, 5) is 0. The Morgan fingerprint density at radius 2 is 2.47 bits per heavy atom. The fourth-order valence-electron chi connectivity index (χ4n) is 1.67. The minimum atomic E-state index is 0.478. The lowest BCUT2D eigenvalue weighted by atomic mass is 10.0. The second kappa shape index (κ2) is 5.53. The first-order valence-corrected chi connectivity index (χ1v) is 6.32. The van der Waals surface area contributed by atoms with E-state index in [2.05, 4.69) is 22.4 Å². The second-order valence-corrected chi connectivity index (χ2v) is 4.82. The van der Waals surface area contributed by atoms with E-state index in [1.54, 1.807) is 11.3 Å². The Labute approximate surface area is 94.1 Å². The lowest BCUT2D eigenvalue weighted by Crippen LogP contribution is -2.15. The molecule has 1 aromatic heterocycles. The van der Waals surface area contributed by atoms with Crippen LogP contribution in [-0.4, -0.2) is 30.0 Å². The number of hydrogen-bond donors (Lipinski definition) is 1. The van der Waals surface area contributed by atoms with Crippen LogP contribution in [0.4, 0.5) is 0 Å². The average Bonchev–Trinajstić information content (AvgIpc) is 2.76. The topological polar surface area (TPSA) is 47.0 Å². The highest BCUT2D eigenvalue weighted by molar-refractivity contribution is 7.11. The first-order chi connectivity index (χ1) is 7.40. The van der Waals surface area contributed by atoms with Gasteiger partial charge in [-0.1, -0.05) is 18.3 Å². The zero-order chi connectivity index (χ0) is 10.5. The van der Waals surface area contributed by atoms with E-state index >= 15 is 0 Å². The van der Waals surface area contributed by atoms with Crippen LogP contribution in [0.25, 0.3) is 0 Å². The van der Waals surface area contributed by atoms with E-state index in [-0.39, 0.29) is 0 Å². The number of ether oxygens (including phenoxy) is 1. The summed E-state index contributed by atoms with van der Waals surface area (Å²) in [6.45, 7) is 5.62. The molecule has 1 N–H and O–H groups in total. The van der Waals surface area contributed by atoms with Gasteiger partial charge in [-0.05, 0) is 19.4 Å². The van der Waals surface area contributed by atoms with E-state index in [0.29, 0.717) is 5.92 Å². The monoisotopic (exact) mass is 227 g/mol. The van der Waals surface area contributed by atoms with Gasteiger partial charge in [-0.2, -0.15) is 0 Å². The van der Waals surface area contributed by atoms with Gasteiger partial charge < -0.3 is 10.1 Å². The number of nitrogens with one attached hydrogen (secondary N) is 1. The normalized spacial score (nSPS) is 21.8. The molecule has 2 heterocycles. The number of rotatable bonds is 4. The SMILES string of the molecule is CCNCc1nnc(C2CCCOC2)s1. The van der Waals surface area contributed by atoms with Crippen molar-refractivity contribution in [1.82, 2.24) is 15.5 Å². The van der Waals surface area contributed by atoms with Gasteiger partial charge in [-0.15, -0.1) is 10.2 Å². The van der Waals surface area contributed by atoms with E-state index in [9.17, 15) is 0 Å². The second-order valence-electron chi connectivity index (χ2n) is 3.73. The van der Waals surface area contributed by atoms with Crippen molar-refractivity contribution in [3.63, 3.8) is 0 Å². The molecule has 84 valence electrons. The van der Waals surface area contributed by atoms with Crippen LogP contribution >= 0.6 is 11.3 Å². The fraction of sp³-hybridized carbons (Fsp3) is 0.800. The maximum absolute atomic E-state index is 5.45. The lowest BCUT2D eigenvalue weighted by molar-refractivity contribution is 0.0802. The maximum atomic E-state index is 5.45. The summed E-state index contributed by atoms with van der Waals surface area (Å²) in [7, 11) is 0. The highest BCUT2D eigenvalue weighted by Crippen LogP contribution is 2.27. The van der Waals surface area contributed by atoms with Crippen LogP contribution in [0.15, 0.2) is 0 Å². The van der Waals surface area contributed by atoms with E-state index in [1.807, 2.05) is 0 Å². The first kappa shape index (κ1) is 11.0. The fourth-order valence-corrected chi connectivity index (χ4v) is 2.60.